The lowest BCUT2D eigenvalue weighted by Gasteiger charge is -2.26. The summed E-state index contributed by atoms with van der Waals surface area (Å²) < 4.78 is 19.6. The fraction of sp³-hybridized carbons (Fsp3) is 0.125. The van der Waals surface area contributed by atoms with E-state index >= 15 is 0 Å². The number of thiocarbonyl (C=S) groups is 1. The average molecular weight is 431 g/mol. The highest BCUT2D eigenvalue weighted by molar-refractivity contribution is 7.80. The highest BCUT2D eigenvalue weighted by atomic mass is 32.1. The van der Waals surface area contributed by atoms with Gasteiger partial charge in [0, 0.05) is 30.7 Å². The number of hydrogen-bond acceptors (Lipinski definition) is 4. The van der Waals surface area contributed by atoms with E-state index in [0.717, 1.165) is 22.6 Å². The Kier molecular flexibility index (Phi) is 5.18. The first kappa shape index (κ1) is 19.4. The van der Waals surface area contributed by atoms with Gasteiger partial charge in [-0.25, -0.2) is 4.39 Å². The van der Waals surface area contributed by atoms with E-state index in [4.69, 9.17) is 16.6 Å². The zero-order valence-corrected chi connectivity index (χ0v) is 17.3. The molecule has 2 atom stereocenters. The molecule has 1 N–H and O–H groups in total. The lowest BCUT2D eigenvalue weighted by atomic mass is 10.0. The summed E-state index contributed by atoms with van der Waals surface area (Å²) >= 11 is 5.70. The number of hydrogen-bond donors (Lipinski definition) is 1. The van der Waals surface area contributed by atoms with Gasteiger partial charge in [0.25, 0.3) is 0 Å². The number of rotatable bonds is 5. The third-order valence-electron chi connectivity index (χ3n) is 5.35. The standard InChI is InChI=1S/C24H19FN4OS/c25-18-6-4-17(5-7-18)20-8-9-21(30-20)23-22(19-3-1-2-12-27-19)28-24(31)29(23)15-16-10-13-26-14-11-16/h1-14,22-23H,15H2,(H,28,31)/t22-,23+/m0/s1. The van der Waals surface area contributed by atoms with E-state index < -0.39 is 0 Å². The molecule has 1 aliphatic rings. The Balaban J connectivity index is 1.53. The maximum absolute atomic E-state index is 13.3. The van der Waals surface area contributed by atoms with E-state index in [-0.39, 0.29) is 17.9 Å². The first-order valence-electron chi connectivity index (χ1n) is 9.92. The number of aromatic nitrogens is 2. The Morgan fingerprint density at radius 1 is 0.968 bits per heavy atom. The van der Waals surface area contributed by atoms with Crippen LogP contribution in [-0.4, -0.2) is 20.0 Å². The van der Waals surface area contributed by atoms with Crippen LogP contribution in [0.2, 0.25) is 0 Å². The molecule has 4 aromatic rings. The highest BCUT2D eigenvalue weighted by Gasteiger charge is 2.41. The zero-order chi connectivity index (χ0) is 21.2. The predicted octanol–water partition coefficient (Wildman–Crippen LogP) is 5.05. The summed E-state index contributed by atoms with van der Waals surface area (Å²) in [6, 6.07) is 19.5. The van der Waals surface area contributed by atoms with Crippen molar-refractivity contribution in [2.45, 2.75) is 18.6 Å². The van der Waals surface area contributed by atoms with Gasteiger partial charge in [0.15, 0.2) is 5.11 Å². The van der Waals surface area contributed by atoms with Crippen LogP contribution >= 0.6 is 12.2 Å². The van der Waals surface area contributed by atoms with Gasteiger partial charge in [-0.2, -0.15) is 0 Å². The van der Waals surface area contributed by atoms with Crippen molar-refractivity contribution >= 4 is 17.3 Å². The molecule has 0 unspecified atom stereocenters. The Hall–Kier alpha value is -3.58. The molecule has 0 saturated carbocycles. The van der Waals surface area contributed by atoms with Gasteiger partial charge < -0.3 is 14.6 Å². The van der Waals surface area contributed by atoms with E-state index in [1.165, 1.54) is 12.1 Å². The van der Waals surface area contributed by atoms with Crippen LogP contribution in [0, 0.1) is 5.82 Å². The van der Waals surface area contributed by atoms with Gasteiger partial charge in [0.05, 0.1) is 11.7 Å². The Morgan fingerprint density at radius 2 is 1.77 bits per heavy atom. The molecule has 1 fully saturated rings. The van der Waals surface area contributed by atoms with Gasteiger partial charge in [0.1, 0.15) is 23.4 Å². The van der Waals surface area contributed by atoms with Crippen molar-refractivity contribution < 1.29 is 8.81 Å². The molecule has 0 amide bonds. The minimum Gasteiger partial charge on any atom is -0.459 e. The number of halogens is 1. The number of benzene rings is 1. The molecule has 3 aromatic heterocycles. The van der Waals surface area contributed by atoms with Crippen LogP contribution in [0.5, 0.6) is 0 Å². The summed E-state index contributed by atoms with van der Waals surface area (Å²) in [4.78, 5) is 10.8. The van der Waals surface area contributed by atoms with Crippen LogP contribution in [0.4, 0.5) is 4.39 Å². The van der Waals surface area contributed by atoms with Crippen molar-refractivity contribution in [3.05, 3.63) is 108 Å². The normalized spacial score (nSPS) is 18.2. The topological polar surface area (TPSA) is 54.2 Å². The van der Waals surface area contributed by atoms with Gasteiger partial charge in [-0.15, -0.1) is 0 Å². The molecule has 0 spiro atoms. The molecular formula is C24H19FN4OS. The van der Waals surface area contributed by atoms with Crippen molar-refractivity contribution in [1.82, 2.24) is 20.2 Å². The third-order valence-corrected chi connectivity index (χ3v) is 5.70. The number of nitrogens with zero attached hydrogens (tertiary/aromatic N) is 3. The second-order valence-corrected chi connectivity index (χ2v) is 7.71. The Morgan fingerprint density at radius 3 is 2.52 bits per heavy atom. The van der Waals surface area contributed by atoms with Crippen molar-refractivity contribution in [2.75, 3.05) is 0 Å². The van der Waals surface area contributed by atoms with Gasteiger partial charge in [-0.3, -0.25) is 9.97 Å². The Bertz CT molecular complexity index is 1180. The molecule has 1 aromatic carbocycles. The summed E-state index contributed by atoms with van der Waals surface area (Å²) in [7, 11) is 0. The molecule has 5 nitrogen and oxygen atoms in total. The highest BCUT2D eigenvalue weighted by Crippen LogP contribution is 2.41. The molecule has 0 bridgehead atoms. The zero-order valence-electron chi connectivity index (χ0n) is 16.5. The lowest BCUT2D eigenvalue weighted by Crippen LogP contribution is -2.29. The second kappa shape index (κ2) is 8.28. The minimum atomic E-state index is -0.278. The number of pyridine rings is 2. The van der Waals surface area contributed by atoms with E-state index in [9.17, 15) is 4.39 Å². The molecule has 7 heteroatoms. The molecule has 1 aliphatic heterocycles. The molecule has 0 radical (unpaired) electrons. The lowest BCUT2D eigenvalue weighted by molar-refractivity contribution is 0.269. The van der Waals surface area contributed by atoms with Gasteiger partial charge in [0.2, 0.25) is 0 Å². The average Bonchev–Trinajstić information content (AvgIpc) is 3.41. The van der Waals surface area contributed by atoms with Gasteiger partial charge in [-0.05, 0) is 78.4 Å². The fourth-order valence-corrected chi connectivity index (χ4v) is 4.16. The summed E-state index contributed by atoms with van der Waals surface area (Å²) in [6.07, 6.45) is 5.31. The predicted molar refractivity (Wildman–Crippen MR) is 119 cm³/mol. The van der Waals surface area contributed by atoms with Gasteiger partial charge >= 0.3 is 0 Å². The SMILES string of the molecule is Fc1ccc(-c2ccc([C@@H]3[C@H](c4ccccn4)NC(=S)N3Cc3ccncc3)o2)cc1. The van der Waals surface area contributed by atoms with Crippen LogP contribution in [0.15, 0.2) is 89.7 Å². The molecule has 31 heavy (non-hydrogen) atoms. The monoisotopic (exact) mass is 430 g/mol. The molecule has 4 heterocycles. The van der Waals surface area contributed by atoms with Crippen molar-refractivity contribution in [1.29, 1.82) is 0 Å². The smallest absolute Gasteiger partial charge is 0.170 e. The maximum atomic E-state index is 13.3. The summed E-state index contributed by atoms with van der Waals surface area (Å²) in [5.41, 5.74) is 2.79. The first-order valence-corrected chi connectivity index (χ1v) is 10.3. The Labute approximate surface area is 184 Å². The summed E-state index contributed by atoms with van der Waals surface area (Å²) in [5, 5.41) is 4.05. The second-order valence-electron chi connectivity index (χ2n) is 7.32. The largest absolute Gasteiger partial charge is 0.459 e. The quantitative estimate of drug-likeness (QED) is 0.447. The molecule has 154 valence electrons. The molecular weight excluding hydrogens is 411 g/mol. The van der Waals surface area contributed by atoms with Crippen LogP contribution in [0.1, 0.15) is 29.1 Å². The van der Waals surface area contributed by atoms with E-state index in [0.29, 0.717) is 17.4 Å². The first-order chi connectivity index (χ1) is 15.2. The fourth-order valence-electron chi connectivity index (χ4n) is 3.85. The molecule has 5 rings (SSSR count). The van der Waals surface area contributed by atoms with Crippen molar-refractivity contribution in [3.8, 4) is 11.3 Å². The number of nitrogens with one attached hydrogen (secondary N) is 1. The maximum Gasteiger partial charge on any atom is 0.170 e. The van der Waals surface area contributed by atoms with E-state index in [1.807, 2.05) is 42.5 Å². The third kappa shape index (κ3) is 3.92. The van der Waals surface area contributed by atoms with Crippen molar-refractivity contribution in [3.63, 3.8) is 0 Å². The van der Waals surface area contributed by atoms with Crippen LogP contribution in [-0.2, 0) is 6.54 Å². The van der Waals surface area contributed by atoms with Crippen molar-refractivity contribution in [2.24, 2.45) is 0 Å². The van der Waals surface area contributed by atoms with Gasteiger partial charge in [-0.1, -0.05) is 6.07 Å². The molecule has 0 aliphatic carbocycles. The molecule has 1 saturated heterocycles. The summed E-state index contributed by atoms with van der Waals surface area (Å²) in [6.45, 7) is 0.606. The van der Waals surface area contributed by atoms with Crippen LogP contribution < -0.4 is 5.32 Å². The minimum absolute atomic E-state index is 0.164. The number of furan rings is 1. The summed E-state index contributed by atoms with van der Waals surface area (Å²) in [5.74, 6) is 1.16. The van der Waals surface area contributed by atoms with Crippen LogP contribution in [0.25, 0.3) is 11.3 Å². The van der Waals surface area contributed by atoms with E-state index in [1.54, 1.807) is 30.7 Å². The van der Waals surface area contributed by atoms with Crippen LogP contribution in [0.3, 0.4) is 0 Å². The van der Waals surface area contributed by atoms with E-state index in [2.05, 4.69) is 20.2 Å².